The first-order chi connectivity index (χ1) is 8.58. The van der Waals surface area contributed by atoms with Gasteiger partial charge in [-0.2, -0.15) is 0 Å². The second kappa shape index (κ2) is 5.67. The molecule has 0 spiro atoms. The van der Waals surface area contributed by atoms with E-state index in [4.69, 9.17) is 16.2 Å². The summed E-state index contributed by atoms with van der Waals surface area (Å²) in [6.45, 7) is 1.18. The molecule has 1 aliphatic carbocycles. The Kier molecular flexibility index (Phi) is 4.19. The summed E-state index contributed by atoms with van der Waals surface area (Å²) >= 11 is 0. The van der Waals surface area contributed by atoms with Crippen LogP contribution in [0, 0.1) is 5.92 Å². The summed E-state index contributed by atoms with van der Waals surface area (Å²) in [5.41, 5.74) is 11.2. The lowest BCUT2D eigenvalue weighted by Crippen LogP contribution is -2.51. The first kappa shape index (κ1) is 13.3. The number of nitrogens with zero attached hydrogens (tertiary/aromatic N) is 1. The molecule has 0 bridgehead atoms. The second-order valence-electron chi connectivity index (χ2n) is 5.16. The molecular weight excluding hydrogens is 234 g/mol. The van der Waals surface area contributed by atoms with E-state index >= 15 is 0 Å². The van der Waals surface area contributed by atoms with Crippen LogP contribution in [-0.4, -0.2) is 48.6 Å². The van der Waals surface area contributed by atoms with Gasteiger partial charge < -0.3 is 21.1 Å². The fourth-order valence-electron chi connectivity index (χ4n) is 2.72. The molecule has 1 saturated carbocycles. The largest absolute Gasteiger partial charge is 0.367 e. The average Bonchev–Trinajstić information content (AvgIpc) is 2.75. The molecular formula is C12H21N3O3. The van der Waals surface area contributed by atoms with Gasteiger partial charge in [0.2, 0.25) is 11.8 Å². The number of ether oxygens (including phenoxy) is 1. The summed E-state index contributed by atoms with van der Waals surface area (Å²) in [7, 11) is 0. The maximum absolute atomic E-state index is 12.1. The number of morpholine rings is 1. The topological polar surface area (TPSA) is 98.7 Å². The Bertz CT molecular complexity index is 335. The SMILES string of the molecule is NC(=O)C1CN(C(=O)C[C@@H]2CCC[C@H]2N)CCO1. The zero-order valence-corrected chi connectivity index (χ0v) is 10.5. The summed E-state index contributed by atoms with van der Waals surface area (Å²) in [5.74, 6) is -0.163. The van der Waals surface area contributed by atoms with Crippen LogP contribution in [0.4, 0.5) is 0 Å². The van der Waals surface area contributed by atoms with E-state index in [1.807, 2.05) is 0 Å². The minimum absolute atomic E-state index is 0.0619. The summed E-state index contributed by atoms with van der Waals surface area (Å²) in [5, 5.41) is 0. The molecule has 2 aliphatic rings. The first-order valence-electron chi connectivity index (χ1n) is 6.52. The molecule has 1 unspecified atom stereocenters. The summed E-state index contributed by atoms with van der Waals surface area (Å²) in [4.78, 5) is 24.9. The summed E-state index contributed by atoms with van der Waals surface area (Å²) < 4.78 is 5.22. The summed E-state index contributed by atoms with van der Waals surface area (Å²) in [6.07, 6.45) is 2.94. The van der Waals surface area contributed by atoms with E-state index < -0.39 is 12.0 Å². The van der Waals surface area contributed by atoms with Gasteiger partial charge in [-0.3, -0.25) is 9.59 Å². The maximum Gasteiger partial charge on any atom is 0.248 e. The van der Waals surface area contributed by atoms with E-state index in [1.165, 1.54) is 0 Å². The molecule has 1 saturated heterocycles. The lowest BCUT2D eigenvalue weighted by atomic mass is 9.99. The molecule has 0 aromatic heterocycles. The van der Waals surface area contributed by atoms with Gasteiger partial charge in [-0.25, -0.2) is 0 Å². The van der Waals surface area contributed by atoms with Crippen LogP contribution < -0.4 is 11.5 Å². The molecule has 18 heavy (non-hydrogen) atoms. The number of primary amides is 1. The van der Waals surface area contributed by atoms with E-state index in [0.29, 0.717) is 19.6 Å². The molecule has 2 amide bonds. The molecule has 1 heterocycles. The molecule has 0 aromatic rings. The Morgan fingerprint density at radius 3 is 2.72 bits per heavy atom. The molecule has 6 nitrogen and oxygen atoms in total. The van der Waals surface area contributed by atoms with E-state index in [2.05, 4.69) is 0 Å². The predicted molar refractivity (Wildman–Crippen MR) is 65.4 cm³/mol. The minimum atomic E-state index is -0.667. The van der Waals surface area contributed by atoms with Crippen molar-refractivity contribution in [1.82, 2.24) is 4.90 Å². The Balaban J connectivity index is 1.86. The summed E-state index contributed by atoms with van der Waals surface area (Å²) in [6, 6.07) is 0.141. The highest BCUT2D eigenvalue weighted by molar-refractivity contribution is 5.81. The Morgan fingerprint density at radius 2 is 2.11 bits per heavy atom. The number of hydrogen-bond acceptors (Lipinski definition) is 4. The standard InChI is InChI=1S/C12H21N3O3/c13-9-3-1-2-8(9)6-11(16)15-4-5-18-10(7-15)12(14)17/h8-10H,1-7,13H2,(H2,14,17)/t8-,9+,10?/m0/s1. The Morgan fingerprint density at radius 1 is 1.33 bits per heavy atom. The van der Waals surface area contributed by atoms with Crippen molar-refractivity contribution in [1.29, 1.82) is 0 Å². The van der Waals surface area contributed by atoms with Crippen molar-refractivity contribution in [2.45, 2.75) is 37.8 Å². The fourth-order valence-corrected chi connectivity index (χ4v) is 2.72. The number of rotatable bonds is 3. The second-order valence-corrected chi connectivity index (χ2v) is 5.16. The van der Waals surface area contributed by atoms with Gasteiger partial charge in [0, 0.05) is 19.0 Å². The molecule has 1 aliphatic heterocycles. The molecule has 6 heteroatoms. The van der Waals surface area contributed by atoms with Gasteiger partial charge >= 0.3 is 0 Å². The highest BCUT2D eigenvalue weighted by atomic mass is 16.5. The van der Waals surface area contributed by atoms with E-state index in [9.17, 15) is 9.59 Å². The van der Waals surface area contributed by atoms with Crippen LogP contribution in [0.1, 0.15) is 25.7 Å². The van der Waals surface area contributed by atoms with Crippen molar-refractivity contribution in [3.63, 3.8) is 0 Å². The van der Waals surface area contributed by atoms with Gasteiger partial charge in [0.15, 0.2) is 6.10 Å². The third kappa shape index (κ3) is 3.00. The molecule has 4 N–H and O–H groups in total. The Labute approximate surface area is 107 Å². The predicted octanol–water partition coefficient (Wildman–Crippen LogP) is -0.783. The van der Waals surface area contributed by atoms with E-state index in [-0.39, 0.29) is 24.4 Å². The normalized spacial score (nSPS) is 32.5. The van der Waals surface area contributed by atoms with Crippen molar-refractivity contribution in [2.75, 3.05) is 19.7 Å². The fraction of sp³-hybridized carbons (Fsp3) is 0.833. The highest BCUT2D eigenvalue weighted by Crippen LogP contribution is 2.27. The lowest BCUT2D eigenvalue weighted by molar-refractivity contribution is -0.146. The minimum Gasteiger partial charge on any atom is -0.367 e. The van der Waals surface area contributed by atoms with Gasteiger partial charge in [0.05, 0.1) is 13.2 Å². The smallest absolute Gasteiger partial charge is 0.248 e. The number of hydrogen-bond donors (Lipinski definition) is 2. The first-order valence-corrected chi connectivity index (χ1v) is 6.52. The van der Waals surface area contributed by atoms with Crippen LogP contribution in [0.2, 0.25) is 0 Å². The Hall–Kier alpha value is -1.14. The van der Waals surface area contributed by atoms with Gasteiger partial charge in [0.25, 0.3) is 0 Å². The van der Waals surface area contributed by atoms with Crippen molar-refractivity contribution < 1.29 is 14.3 Å². The van der Waals surface area contributed by atoms with Crippen LogP contribution in [-0.2, 0) is 14.3 Å². The highest BCUT2D eigenvalue weighted by Gasteiger charge is 2.31. The molecule has 2 fully saturated rings. The van der Waals surface area contributed by atoms with Gasteiger partial charge in [-0.15, -0.1) is 0 Å². The number of carbonyl (C=O) groups is 2. The molecule has 102 valence electrons. The van der Waals surface area contributed by atoms with Gasteiger partial charge in [0.1, 0.15) is 0 Å². The monoisotopic (exact) mass is 255 g/mol. The van der Waals surface area contributed by atoms with Crippen LogP contribution in [0.15, 0.2) is 0 Å². The van der Waals surface area contributed by atoms with Crippen molar-refractivity contribution in [3.8, 4) is 0 Å². The zero-order chi connectivity index (χ0) is 13.1. The molecule has 0 radical (unpaired) electrons. The lowest BCUT2D eigenvalue weighted by Gasteiger charge is -2.32. The number of amides is 2. The third-order valence-corrected chi connectivity index (χ3v) is 3.89. The van der Waals surface area contributed by atoms with Crippen LogP contribution in [0.5, 0.6) is 0 Å². The number of carbonyl (C=O) groups excluding carboxylic acids is 2. The zero-order valence-electron chi connectivity index (χ0n) is 10.5. The van der Waals surface area contributed by atoms with Crippen LogP contribution in [0.25, 0.3) is 0 Å². The van der Waals surface area contributed by atoms with Gasteiger partial charge in [-0.1, -0.05) is 6.42 Å². The van der Waals surface area contributed by atoms with Gasteiger partial charge in [-0.05, 0) is 18.8 Å². The maximum atomic E-state index is 12.1. The van der Waals surface area contributed by atoms with E-state index in [1.54, 1.807) is 4.90 Å². The van der Waals surface area contributed by atoms with Crippen molar-refractivity contribution in [3.05, 3.63) is 0 Å². The van der Waals surface area contributed by atoms with Crippen molar-refractivity contribution in [2.24, 2.45) is 17.4 Å². The van der Waals surface area contributed by atoms with Crippen LogP contribution >= 0.6 is 0 Å². The quantitative estimate of drug-likeness (QED) is 0.691. The van der Waals surface area contributed by atoms with E-state index in [0.717, 1.165) is 19.3 Å². The molecule has 0 aromatic carbocycles. The van der Waals surface area contributed by atoms with Crippen molar-refractivity contribution >= 4 is 11.8 Å². The number of nitrogens with two attached hydrogens (primary N) is 2. The molecule has 2 rings (SSSR count). The molecule has 3 atom stereocenters. The third-order valence-electron chi connectivity index (χ3n) is 3.89. The van der Waals surface area contributed by atoms with Crippen LogP contribution in [0.3, 0.4) is 0 Å². The average molecular weight is 255 g/mol.